The predicted molar refractivity (Wildman–Crippen MR) is 104 cm³/mol. The van der Waals surface area contributed by atoms with Crippen LogP contribution in [0.3, 0.4) is 0 Å². The molecule has 0 radical (unpaired) electrons. The summed E-state index contributed by atoms with van der Waals surface area (Å²) in [4.78, 5) is 29.1. The van der Waals surface area contributed by atoms with E-state index in [-0.39, 0.29) is 24.4 Å². The number of carbonyl (C=O) groups is 1. The Kier molecular flexibility index (Phi) is 5.79. The molecule has 1 amide bonds. The van der Waals surface area contributed by atoms with Crippen LogP contribution in [0.5, 0.6) is 0 Å². The number of ether oxygens (including phenoxy) is 1. The van der Waals surface area contributed by atoms with Gasteiger partial charge in [0.25, 0.3) is 5.56 Å². The first-order chi connectivity index (χ1) is 13.2. The fourth-order valence-electron chi connectivity index (χ4n) is 2.56. The van der Waals surface area contributed by atoms with Gasteiger partial charge in [0, 0.05) is 12.1 Å². The molecule has 3 rings (SSSR count). The van der Waals surface area contributed by atoms with E-state index in [2.05, 4.69) is 16.9 Å². The van der Waals surface area contributed by atoms with E-state index in [1.165, 1.54) is 10.8 Å². The number of rotatable bonds is 6. The highest BCUT2D eigenvalue weighted by Gasteiger charge is 2.14. The quantitative estimate of drug-likeness (QED) is 0.677. The monoisotopic (exact) mass is 361 g/mol. The van der Waals surface area contributed by atoms with E-state index in [9.17, 15) is 9.59 Å². The Morgan fingerprint density at radius 1 is 1.11 bits per heavy atom. The standard InChI is InChI=1S/C21H19N3O3/c1-2-13-24-19(17-11-7-4-8-12-17)22-14-18(20(24)25)23-21(26)27-15-16-9-5-3-6-10-16/h2-12,14H,1,13,15H2,(H,23,26). The number of amides is 1. The van der Waals surface area contributed by atoms with E-state index in [1.54, 1.807) is 6.08 Å². The molecule has 6 nitrogen and oxygen atoms in total. The minimum atomic E-state index is -0.713. The lowest BCUT2D eigenvalue weighted by atomic mass is 10.2. The highest BCUT2D eigenvalue weighted by molar-refractivity contribution is 5.84. The molecular formula is C21H19N3O3. The first-order valence-electron chi connectivity index (χ1n) is 8.43. The van der Waals surface area contributed by atoms with Crippen molar-refractivity contribution in [2.45, 2.75) is 13.2 Å². The average Bonchev–Trinajstić information content (AvgIpc) is 2.71. The van der Waals surface area contributed by atoms with Crippen LogP contribution in [0.15, 0.2) is 84.3 Å². The number of aromatic nitrogens is 2. The second-order valence-electron chi connectivity index (χ2n) is 5.75. The molecule has 1 aromatic heterocycles. The molecule has 0 saturated carbocycles. The van der Waals surface area contributed by atoms with E-state index in [0.29, 0.717) is 5.82 Å². The molecule has 136 valence electrons. The Hall–Kier alpha value is -3.67. The van der Waals surface area contributed by atoms with Crippen molar-refractivity contribution >= 4 is 11.8 Å². The number of nitrogens with one attached hydrogen (secondary N) is 1. The Bertz CT molecular complexity index is 983. The molecule has 6 heteroatoms. The van der Waals surface area contributed by atoms with Crippen molar-refractivity contribution in [2.75, 3.05) is 5.32 Å². The van der Waals surface area contributed by atoms with E-state index >= 15 is 0 Å². The summed E-state index contributed by atoms with van der Waals surface area (Å²) < 4.78 is 6.61. The van der Waals surface area contributed by atoms with Gasteiger partial charge < -0.3 is 4.74 Å². The molecule has 27 heavy (non-hydrogen) atoms. The summed E-state index contributed by atoms with van der Waals surface area (Å²) in [6.45, 7) is 4.07. The molecule has 0 aliphatic heterocycles. The van der Waals surface area contributed by atoms with Crippen LogP contribution in [0.2, 0.25) is 0 Å². The molecule has 2 aromatic carbocycles. The van der Waals surface area contributed by atoms with Crippen LogP contribution in [0.25, 0.3) is 11.4 Å². The van der Waals surface area contributed by atoms with Gasteiger partial charge in [-0.3, -0.25) is 14.7 Å². The fraction of sp³-hybridized carbons (Fsp3) is 0.0952. The van der Waals surface area contributed by atoms with Gasteiger partial charge in [0.2, 0.25) is 0 Å². The minimum absolute atomic E-state index is 0.0505. The number of anilines is 1. The van der Waals surface area contributed by atoms with Crippen LogP contribution in [0.1, 0.15) is 5.56 Å². The summed E-state index contributed by atoms with van der Waals surface area (Å²) in [7, 11) is 0. The molecule has 1 heterocycles. The van der Waals surface area contributed by atoms with Crippen molar-refractivity contribution in [1.29, 1.82) is 0 Å². The smallest absolute Gasteiger partial charge is 0.412 e. The van der Waals surface area contributed by atoms with Crippen molar-refractivity contribution in [3.8, 4) is 11.4 Å². The molecular weight excluding hydrogens is 342 g/mol. The van der Waals surface area contributed by atoms with Crippen LogP contribution in [0.4, 0.5) is 10.5 Å². The van der Waals surface area contributed by atoms with Gasteiger partial charge in [-0.2, -0.15) is 0 Å². The lowest BCUT2D eigenvalue weighted by molar-refractivity contribution is 0.155. The third-order valence-electron chi connectivity index (χ3n) is 3.84. The van der Waals surface area contributed by atoms with Gasteiger partial charge in [0.1, 0.15) is 18.1 Å². The first kappa shape index (κ1) is 18.1. The number of hydrogen-bond acceptors (Lipinski definition) is 4. The molecule has 0 aliphatic carbocycles. The van der Waals surface area contributed by atoms with E-state index < -0.39 is 6.09 Å². The summed E-state index contributed by atoms with van der Waals surface area (Å²) in [5, 5.41) is 2.47. The van der Waals surface area contributed by atoms with Gasteiger partial charge in [0.15, 0.2) is 0 Å². The zero-order valence-corrected chi connectivity index (χ0v) is 14.7. The van der Waals surface area contributed by atoms with Gasteiger partial charge >= 0.3 is 6.09 Å². The molecule has 1 N–H and O–H groups in total. The van der Waals surface area contributed by atoms with Crippen molar-refractivity contribution in [3.63, 3.8) is 0 Å². The van der Waals surface area contributed by atoms with E-state index in [1.807, 2.05) is 60.7 Å². The highest BCUT2D eigenvalue weighted by Crippen LogP contribution is 2.16. The molecule has 0 spiro atoms. The summed E-state index contributed by atoms with van der Waals surface area (Å²) in [6, 6.07) is 18.6. The topological polar surface area (TPSA) is 73.2 Å². The molecule has 0 unspecified atom stereocenters. The number of hydrogen-bond donors (Lipinski definition) is 1. The third-order valence-corrected chi connectivity index (χ3v) is 3.84. The number of benzene rings is 2. The van der Waals surface area contributed by atoms with Crippen molar-refractivity contribution in [1.82, 2.24) is 9.55 Å². The SMILES string of the molecule is C=CCn1c(-c2ccccc2)ncc(NC(=O)OCc2ccccc2)c1=O. The summed E-state index contributed by atoms with van der Waals surface area (Å²) in [6.07, 6.45) is 2.23. The van der Waals surface area contributed by atoms with Gasteiger partial charge in [0.05, 0.1) is 6.20 Å². The number of carbonyl (C=O) groups excluding carboxylic acids is 1. The maximum absolute atomic E-state index is 12.8. The minimum Gasteiger partial charge on any atom is -0.444 e. The highest BCUT2D eigenvalue weighted by atomic mass is 16.5. The second-order valence-corrected chi connectivity index (χ2v) is 5.75. The zero-order chi connectivity index (χ0) is 19.1. The van der Waals surface area contributed by atoms with E-state index in [4.69, 9.17) is 4.74 Å². The molecule has 0 atom stereocenters. The third kappa shape index (κ3) is 4.49. The normalized spacial score (nSPS) is 10.2. The first-order valence-corrected chi connectivity index (χ1v) is 8.43. The van der Waals surface area contributed by atoms with Crippen LogP contribution in [-0.4, -0.2) is 15.6 Å². The largest absolute Gasteiger partial charge is 0.444 e. The molecule has 0 saturated heterocycles. The van der Waals surface area contributed by atoms with Crippen molar-refractivity contribution < 1.29 is 9.53 Å². The van der Waals surface area contributed by atoms with Crippen LogP contribution >= 0.6 is 0 Å². The predicted octanol–water partition coefficient (Wildman–Crippen LogP) is 3.85. The number of nitrogens with zero attached hydrogens (tertiary/aromatic N) is 2. The molecule has 0 aliphatic rings. The maximum atomic E-state index is 12.8. The molecule has 0 fully saturated rings. The van der Waals surface area contributed by atoms with Gasteiger partial charge in [-0.15, -0.1) is 6.58 Å². The van der Waals surface area contributed by atoms with Crippen LogP contribution < -0.4 is 10.9 Å². The van der Waals surface area contributed by atoms with Crippen molar-refractivity contribution in [2.24, 2.45) is 0 Å². The van der Waals surface area contributed by atoms with E-state index in [0.717, 1.165) is 11.1 Å². The molecule has 0 bridgehead atoms. The van der Waals surface area contributed by atoms with Crippen LogP contribution in [0, 0.1) is 0 Å². The fourth-order valence-corrected chi connectivity index (χ4v) is 2.56. The number of allylic oxidation sites excluding steroid dienone is 1. The maximum Gasteiger partial charge on any atom is 0.412 e. The summed E-state index contributed by atoms with van der Waals surface area (Å²) in [5.41, 5.74) is 1.33. The van der Waals surface area contributed by atoms with Gasteiger partial charge in [-0.05, 0) is 5.56 Å². The van der Waals surface area contributed by atoms with Crippen molar-refractivity contribution in [3.05, 3.63) is 95.4 Å². The summed E-state index contributed by atoms with van der Waals surface area (Å²) in [5.74, 6) is 0.503. The Morgan fingerprint density at radius 2 is 1.78 bits per heavy atom. The lowest BCUT2D eigenvalue weighted by Crippen LogP contribution is -2.28. The Morgan fingerprint density at radius 3 is 2.44 bits per heavy atom. The van der Waals surface area contributed by atoms with Crippen LogP contribution in [-0.2, 0) is 17.9 Å². The molecule has 3 aromatic rings. The Balaban J connectivity index is 1.80. The zero-order valence-electron chi connectivity index (χ0n) is 14.7. The van der Waals surface area contributed by atoms with Gasteiger partial charge in [-0.25, -0.2) is 9.78 Å². The second kappa shape index (κ2) is 8.62. The average molecular weight is 361 g/mol. The van der Waals surface area contributed by atoms with Gasteiger partial charge in [-0.1, -0.05) is 66.7 Å². The lowest BCUT2D eigenvalue weighted by Gasteiger charge is -2.13. The summed E-state index contributed by atoms with van der Waals surface area (Å²) >= 11 is 0. The Labute approximate surface area is 156 Å².